The van der Waals surface area contributed by atoms with Crippen molar-refractivity contribution < 1.29 is 14.3 Å². The molecule has 3 nitrogen and oxygen atoms in total. The van der Waals surface area contributed by atoms with Crippen molar-refractivity contribution in [2.45, 2.75) is 32.3 Å². The number of rotatable bonds is 4. The van der Waals surface area contributed by atoms with Crippen LogP contribution in [0.5, 0.6) is 5.75 Å². The Morgan fingerprint density at radius 1 is 1.53 bits per heavy atom. The summed E-state index contributed by atoms with van der Waals surface area (Å²) in [6.07, 6.45) is 2.32. The highest BCUT2D eigenvalue weighted by molar-refractivity contribution is 6.02. The molecule has 1 heterocycles. The lowest BCUT2D eigenvalue weighted by Gasteiger charge is -2.21. The van der Waals surface area contributed by atoms with E-state index >= 15 is 0 Å². The third-order valence-electron chi connectivity index (χ3n) is 3.15. The van der Waals surface area contributed by atoms with Crippen molar-refractivity contribution in [3.05, 3.63) is 29.3 Å². The van der Waals surface area contributed by atoms with Crippen molar-refractivity contribution in [3.63, 3.8) is 0 Å². The lowest BCUT2D eigenvalue weighted by molar-refractivity contribution is 0.0591. The lowest BCUT2D eigenvalue weighted by atomic mass is 9.97. The summed E-state index contributed by atoms with van der Waals surface area (Å²) in [5, 5.41) is 0. The Morgan fingerprint density at radius 2 is 2.35 bits per heavy atom. The van der Waals surface area contributed by atoms with E-state index in [1.165, 1.54) is 0 Å². The van der Waals surface area contributed by atoms with Gasteiger partial charge >= 0.3 is 0 Å². The summed E-state index contributed by atoms with van der Waals surface area (Å²) in [5.74, 6) is 0.785. The van der Waals surface area contributed by atoms with Gasteiger partial charge in [-0.15, -0.1) is 0 Å². The number of hydrogen-bond acceptors (Lipinski definition) is 3. The highest BCUT2D eigenvalue weighted by Gasteiger charge is 2.24. The van der Waals surface area contributed by atoms with Crippen LogP contribution in [0.25, 0.3) is 0 Å². The molecule has 0 fully saturated rings. The highest BCUT2D eigenvalue weighted by atomic mass is 16.5. The van der Waals surface area contributed by atoms with Gasteiger partial charge in [-0.1, -0.05) is 19.1 Å². The molecule has 0 aromatic heterocycles. The molecule has 92 valence electrons. The van der Waals surface area contributed by atoms with Crippen LogP contribution >= 0.6 is 0 Å². The largest absolute Gasteiger partial charge is 0.493 e. The van der Waals surface area contributed by atoms with E-state index in [9.17, 15) is 4.79 Å². The van der Waals surface area contributed by atoms with Gasteiger partial charge in [0, 0.05) is 7.11 Å². The second-order valence-electron chi connectivity index (χ2n) is 4.24. The van der Waals surface area contributed by atoms with Crippen LogP contribution < -0.4 is 4.74 Å². The van der Waals surface area contributed by atoms with Crippen molar-refractivity contribution in [3.8, 4) is 5.75 Å². The molecule has 1 aromatic rings. The number of aryl methyl sites for hydroxylation is 1. The first-order valence-corrected chi connectivity index (χ1v) is 6.09. The Balaban J connectivity index is 2.35. The summed E-state index contributed by atoms with van der Waals surface area (Å²) < 4.78 is 10.8. The SMILES string of the molecule is CCC(OC)C(=O)c1cccc2c1OCCC2. The Kier molecular flexibility index (Phi) is 3.79. The highest BCUT2D eigenvalue weighted by Crippen LogP contribution is 2.30. The van der Waals surface area contributed by atoms with E-state index < -0.39 is 0 Å². The molecule has 17 heavy (non-hydrogen) atoms. The van der Waals surface area contributed by atoms with Gasteiger partial charge in [-0.3, -0.25) is 4.79 Å². The van der Waals surface area contributed by atoms with Crippen molar-refractivity contribution in [1.82, 2.24) is 0 Å². The van der Waals surface area contributed by atoms with Crippen molar-refractivity contribution in [2.75, 3.05) is 13.7 Å². The number of hydrogen-bond donors (Lipinski definition) is 0. The molecule has 0 saturated carbocycles. The molecule has 1 aliphatic heterocycles. The Bertz CT molecular complexity index is 408. The van der Waals surface area contributed by atoms with E-state index in [4.69, 9.17) is 9.47 Å². The van der Waals surface area contributed by atoms with Crippen LogP contribution in [0.15, 0.2) is 18.2 Å². The molecule has 0 amide bonds. The topological polar surface area (TPSA) is 35.5 Å². The van der Waals surface area contributed by atoms with Gasteiger partial charge in [0.1, 0.15) is 11.9 Å². The van der Waals surface area contributed by atoms with Gasteiger partial charge in [-0.05, 0) is 30.9 Å². The Morgan fingerprint density at radius 3 is 3.06 bits per heavy atom. The molecule has 0 aliphatic carbocycles. The van der Waals surface area contributed by atoms with Crippen LogP contribution in [-0.4, -0.2) is 25.6 Å². The van der Waals surface area contributed by atoms with Crippen LogP contribution in [0.3, 0.4) is 0 Å². The molecule has 3 heteroatoms. The second-order valence-corrected chi connectivity index (χ2v) is 4.24. The number of fused-ring (bicyclic) bond motifs is 1. The van der Waals surface area contributed by atoms with E-state index in [0.717, 1.165) is 24.2 Å². The van der Waals surface area contributed by atoms with Gasteiger partial charge in [-0.2, -0.15) is 0 Å². The molecule has 0 saturated heterocycles. The van der Waals surface area contributed by atoms with Gasteiger partial charge in [0.2, 0.25) is 0 Å². The average molecular weight is 234 g/mol. The fourth-order valence-electron chi connectivity index (χ4n) is 2.22. The number of Topliss-reactive ketones (excluding diaryl/α,β-unsaturated/α-hetero) is 1. The molecule has 1 unspecified atom stereocenters. The summed E-state index contributed by atoms with van der Waals surface area (Å²) in [4.78, 5) is 12.3. The number of carbonyl (C=O) groups is 1. The summed E-state index contributed by atoms with van der Waals surface area (Å²) in [7, 11) is 1.57. The first kappa shape index (κ1) is 12.1. The molecule has 1 atom stereocenters. The summed E-state index contributed by atoms with van der Waals surface area (Å²) in [6, 6.07) is 5.77. The fraction of sp³-hybridized carbons (Fsp3) is 0.500. The number of benzene rings is 1. The molecule has 1 aromatic carbocycles. The van der Waals surface area contributed by atoms with Crippen molar-refractivity contribution in [1.29, 1.82) is 0 Å². The molecule has 0 bridgehead atoms. The van der Waals surface area contributed by atoms with Crippen LogP contribution in [-0.2, 0) is 11.2 Å². The first-order valence-electron chi connectivity index (χ1n) is 6.09. The van der Waals surface area contributed by atoms with Gasteiger partial charge in [0.25, 0.3) is 0 Å². The van der Waals surface area contributed by atoms with Crippen molar-refractivity contribution >= 4 is 5.78 Å². The molecule has 0 spiro atoms. The summed E-state index contributed by atoms with van der Waals surface area (Å²) in [5.41, 5.74) is 1.80. The maximum atomic E-state index is 12.3. The third kappa shape index (κ3) is 2.34. The minimum absolute atomic E-state index is 0.0220. The number of carbonyl (C=O) groups excluding carboxylic acids is 1. The summed E-state index contributed by atoms with van der Waals surface area (Å²) in [6.45, 7) is 2.64. The van der Waals surface area contributed by atoms with Gasteiger partial charge in [0.05, 0.1) is 12.2 Å². The zero-order valence-corrected chi connectivity index (χ0v) is 10.4. The predicted octanol–water partition coefficient (Wildman–Crippen LogP) is 2.62. The monoisotopic (exact) mass is 234 g/mol. The zero-order valence-electron chi connectivity index (χ0n) is 10.4. The Labute approximate surface area is 102 Å². The second kappa shape index (κ2) is 5.32. The van der Waals surface area contributed by atoms with Crippen LogP contribution in [0, 0.1) is 0 Å². The quantitative estimate of drug-likeness (QED) is 0.751. The smallest absolute Gasteiger partial charge is 0.195 e. The molecular weight excluding hydrogens is 216 g/mol. The fourth-order valence-corrected chi connectivity index (χ4v) is 2.22. The predicted molar refractivity (Wildman–Crippen MR) is 65.7 cm³/mol. The van der Waals surface area contributed by atoms with Gasteiger partial charge < -0.3 is 9.47 Å². The summed E-state index contributed by atoms with van der Waals surface area (Å²) >= 11 is 0. The standard InChI is InChI=1S/C14H18O3/c1-3-12(16-2)13(15)11-8-4-6-10-7-5-9-17-14(10)11/h4,6,8,12H,3,5,7,9H2,1-2H3. The average Bonchev–Trinajstić information content (AvgIpc) is 2.39. The normalized spacial score (nSPS) is 15.9. The van der Waals surface area contributed by atoms with E-state index in [0.29, 0.717) is 18.6 Å². The number of ketones is 1. The van der Waals surface area contributed by atoms with Gasteiger partial charge in [-0.25, -0.2) is 0 Å². The van der Waals surface area contributed by atoms with Crippen LogP contribution in [0.2, 0.25) is 0 Å². The molecule has 1 aliphatic rings. The van der Waals surface area contributed by atoms with Gasteiger partial charge in [0.15, 0.2) is 5.78 Å². The molecule has 2 rings (SSSR count). The van der Waals surface area contributed by atoms with E-state index in [1.807, 2.05) is 25.1 Å². The van der Waals surface area contributed by atoms with Crippen molar-refractivity contribution in [2.24, 2.45) is 0 Å². The minimum atomic E-state index is -0.368. The number of ether oxygens (including phenoxy) is 2. The number of para-hydroxylation sites is 1. The zero-order chi connectivity index (χ0) is 12.3. The maximum absolute atomic E-state index is 12.3. The van der Waals surface area contributed by atoms with E-state index in [2.05, 4.69) is 0 Å². The lowest BCUT2D eigenvalue weighted by Crippen LogP contribution is -2.24. The van der Waals surface area contributed by atoms with E-state index in [1.54, 1.807) is 7.11 Å². The Hall–Kier alpha value is -1.35. The molecule has 0 radical (unpaired) electrons. The minimum Gasteiger partial charge on any atom is -0.493 e. The van der Waals surface area contributed by atoms with E-state index in [-0.39, 0.29) is 11.9 Å². The first-order chi connectivity index (χ1) is 8.27. The number of methoxy groups -OCH3 is 1. The van der Waals surface area contributed by atoms with Crippen LogP contribution in [0.1, 0.15) is 35.7 Å². The molecule has 0 N–H and O–H groups in total. The van der Waals surface area contributed by atoms with Crippen LogP contribution in [0.4, 0.5) is 0 Å². The third-order valence-corrected chi connectivity index (χ3v) is 3.15. The molecular formula is C14H18O3. The maximum Gasteiger partial charge on any atom is 0.195 e.